The monoisotopic (exact) mass is 307 g/mol. The summed E-state index contributed by atoms with van der Waals surface area (Å²) in [5, 5.41) is 3.46. The summed E-state index contributed by atoms with van der Waals surface area (Å²) in [5.41, 5.74) is 1.53. The minimum atomic E-state index is 0.432. The molecule has 0 bridgehead atoms. The number of pyridine rings is 1. The van der Waals surface area contributed by atoms with Gasteiger partial charge in [-0.15, -0.1) is 0 Å². The van der Waals surface area contributed by atoms with Gasteiger partial charge >= 0.3 is 0 Å². The lowest BCUT2D eigenvalue weighted by molar-refractivity contribution is 0.522. The van der Waals surface area contributed by atoms with E-state index in [4.69, 9.17) is 0 Å². The second kappa shape index (κ2) is 6.12. The van der Waals surface area contributed by atoms with Crippen LogP contribution in [0.3, 0.4) is 0 Å². The predicted octanol–water partition coefficient (Wildman–Crippen LogP) is 1.90. The number of piperidine rings is 1. The molecule has 1 aliphatic heterocycles. The van der Waals surface area contributed by atoms with E-state index in [-0.39, 0.29) is 0 Å². The summed E-state index contributed by atoms with van der Waals surface area (Å²) in [6, 6.07) is 6.34. The minimum absolute atomic E-state index is 0.432. The van der Waals surface area contributed by atoms with E-state index >= 15 is 0 Å². The van der Waals surface area contributed by atoms with Gasteiger partial charge < -0.3 is 10.2 Å². The minimum Gasteiger partial charge on any atom is -0.367 e. The highest BCUT2D eigenvalue weighted by Crippen LogP contribution is 2.21. The third kappa shape index (κ3) is 3.03. The third-order valence-electron chi connectivity index (χ3n) is 4.07. The fraction of sp³-hybridized carbons (Fsp3) is 0.312. The molecule has 23 heavy (non-hydrogen) atoms. The van der Waals surface area contributed by atoms with Gasteiger partial charge in [0.25, 0.3) is 0 Å². The molecule has 4 heterocycles. The van der Waals surface area contributed by atoms with Gasteiger partial charge in [0.15, 0.2) is 5.65 Å². The van der Waals surface area contributed by atoms with Crippen molar-refractivity contribution in [2.45, 2.75) is 18.9 Å². The summed E-state index contributed by atoms with van der Waals surface area (Å²) in [6.45, 7) is 1.92. The molecule has 7 nitrogen and oxygen atoms in total. The molecule has 0 amide bonds. The molecule has 116 valence electrons. The van der Waals surface area contributed by atoms with Gasteiger partial charge in [0.05, 0.1) is 0 Å². The number of hydrogen-bond donors (Lipinski definition) is 1. The molecule has 1 N–H and O–H groups in total. The van der Waals surface area contributed by atoms with Crippen molar-refractivity contribution < 1.29 is 0 Å². The van der Waals surface area contributed by atoms with Crippen LogP contribution >= 0.6 is 0 Å². The Morgan fingerprint density at radius 1 is 0.957 bits per heavy atom. The number of nitrogens with zero attached hydrogens (tertiary/aromatic N) is 6. The molecule has 1 fully saturated rings. The molecular formula is C16H17N7. The van der Waals surface area contributed by atoms with Crippen molar-refractivity contribution >= 4 is 22.8 Å². The van der Waals surface area contributed by atoms with E-state index < -0.39 is 0 Å². The summed E-state index contributed by atoms with van der Waals surface area (Å²) in [4.78, 5) is 23.6. The Morgan fingerprint density at radius 3 is 2.65 bits per heavy atom. The molecule has 0 radical (unpaired) electrons. The molecule has 0 spiro atoms. The summed E-state index contributed by atoms with van der Waals surface area (Å²) in [5.74, 6) is 1.86. The Kier molecular flexibility index (Phi) is 3.67. The number of hydrogen-bond acceptors (Lipinski definition) is 7. The number of anilines is 2. The molecule has 1 aliphatic rings. The van der Waals surface area contributed by atoms with Crippen LogP contribution in [-0.2, 0) is 0 Å². The SMILES string of the molecule is c1cc(NC2CCN(c3ccc4nccnc4n3)CC2)ncn1. The summed E-state index contributed by atoms with van der Waals surface area (Å²) in [7, 11) is 0. The van der Waals surface area contributed by atoms with Crippen LogP contribution in [0.1, 0.15) is 12.8 Å². The zero-order valence-electron chi connectivity index (χ0n) is 12.6. The van der Waals surface area contributed by atoms with Crippen LogP contribution < -0.4 is 10.2 Å². The third-order valence-corrected chi connectivity index (χ3v) is 4.07. The van der Waals surface area contributed by atoms with Gasteiger partial charge in [-0.1, -0.05) is 0 Å². The maximum Gasteiger partial charge on any atom is 0.180 e. The van der Waals surface area contributed by atoms with Gasteiger partial charge in [0, 0.05) is 37.7 Å². The van der Waals surface area contributed by atoms with E-state index in [9.17, 15) is 0 Å². The van der Waals surface area contributed by atoms with Crippen LogP contribution in [-0.4, -0.2) is 44.1 Å². The van der Waals surface area contributed by atoms with Crippen molar-refractivity contribution in [3.05, 3.63) is 43.1 Å². The average Bonchev–Trinajstić information content (AvgIpc) is 2.63. The van der Waals surface area contributed by atoms with Crippen LogP contribution in [0, 0.1) is 0 Å². The van der Waals surface area contributed by atoms with Crippen LogP contribution in [0.5, 0.6) is 0 Å². The van der Waals surface area contributed by atoms with Crippen molar-refractivity contribution in [1.29, 1.82) is 0 Å². The van der Waals surface area contributed by atoms with Gasteiger partial charge in [-0.2, -0.15) is 0 Å². The number of nitrogens with one attached hydrogen (secondary N) is 1. The first-order valence-corrected chi connectivity index (χ1v) is 7.74. The Labute approximate surface area is 133 Å². The van der Waals surface area contributed by atoms with Gasteiger partial charge in [-0.3, -0.25) is 4.98 Å². The Balaban J connectivity index is 1.42. The normalized spacial score (nSPS) is 15.7. The molecule has 3 aromatic heterocycles. The van der Waals surface area contributed by atoms with Gasteiger partial charge in [0.1, 0.15) is 23.5 Å². The molecule has 3 aromatic rings. The van der Waals surface area contributed by atoms with Crippen LogP contribution in [0.25, 0.3) is 11.2 Å². The smallest absolute Gasteiger partial charge is 0.180 e. The fourth-order valence-electron chi connectivity index (χ4n) is 2.86. The molecule has 4 rings (SSSR count). The Morgan fingerprint density at radius 2 is 1.83 bits per heavy atom. The molecule has 0 aromatic carbocycles. The van der Waals surface area contributed by atoms with Crippen molar-refractivity contribution in [3.8, 4) is 0 Å². The van der Waals surface area contributed by atoms with E-state index in [1.807, 2.05) is 18.2 Å². The van der Waals surface area contributed by atoms with E-state index in [1.54, 1.807) is 24.9 Å². The second-order valence-electron chi connectivity index (χ2n) is 5.57. The molecular weight excluding hydrogens is 290 g/mol. The zero-order chi connectivity index (χ0) is 15.5. The first kappa shape index (κ1) is 13.8. The highest BCUT2D eigenvalue weighted by Gasteiger charge is 2.20. The van der Waals surface area contributed by atoms with Crippen molar-refractivity contribution in [1.82, 2.24) is 24.9 Å². The van der Waals surface area contributed by atoms with E-state index in [2.05, 4.69) is 35.1 Å². The lowest BCUT2D eigenvalue weighted by atomic mass is 10.1. The highest BCUT2D eigenvalue weighted by molar-refractivity contribution is 5.71. The first-order valence-electron chi connectivity index (χ1n) is 7.74. The zero-order valence-corrected chi connectivity index (χ0v) is 12.6. The molecule has 0 unspecified atom stereocenters. The topological polar surface area (TPSA) is 79.7 Å². The number of fused-ring (bicyclic) bond motifs is 1. The Bertz CT molecular complexity index is 785. The maximum absolute atomic E-state index is 4.62. The quantitative estimate of drug-likeness (QED) is 0.791. The first-order chi connectivity index (χ1) is 11.4. The lowest BCUT2D eigenvalue weighted by Gasteiger charge is -2.33. The van der Waals surface area contributed by atoms with Crippen molar-refractivity contribution in [2.24, 2.45) is 0 Å². The maximum atomic E-state index is 4.62. The predicted molar refractivity (Wildman–Crippen MR) is 88.2 cm³/mol. The summed E-state index contributed by atoms with van der Waals surface area (Å²) in [6.07, 6.45) is 8.78. The molecule has 7 heteroatoms. The van der Waals surface area contributed by atoms with E-state index in [1.165, 1.54) is 0 Å². The molecule has 0 atom stereocenters. The highest BCUT2D eigenvalue weighted by atomic mass is 15.2. The number of aromatic nitrogens is 5. The molecule has 0 aliphatic carbocycles. The van der Waals surface area contributed by atoms with Crippen molar-refractivity contribution in [3.63, 3.8) is 0 Å². The van der Waals surface area contributed by atoms with Crippen LogP contribution in [0.2, 0.25) is 0 Å². The average molecular weight is 307 g/mol. The fourth-order valence-corrected chi connectivity index (χ4v) is 2.86. The molecule has 0 saturated carbocycles. The largest absolute Gasteiger partial charge is 0.367 e. The standard InChI is InChI=1S/C16H17N7/c1-2-15(22-16-13(1)18-7-8-19-16)23-9-4-12(5-10-23)21-14-3-6-17-11-20-14/h1-3,6-8,11-12H,4-5,9-10H2,(H,17,20,21). The summed E-state index contributed by atoms with van der Waals surface area (Å²) >= 11 is 0. The van der Waals surface area contributed by atoms with E-state index in [0.29, 0.717) is 11.7 Å². The van der Waals surface area contributed by atoms with Crippen molar-refractivity contribution in [2.75, 3.05) is 23.3 Å². The van der Waals surface area contributed by atoms with Gasteiger partial charge in [-0.25, -0.2) is 19.9 Å². The second-order valence-corrected chi connectivity index (χ2v) is 5.57. The summed E-state index contributed by atoms with van der Waals surface area (Å²) < 4.78 is 0. The molecule has 1 saturated heterocycles. The van der Waals surface area contributed by atoms with E-state index in [0.717, 1.165) is 43.1 Å². The van der Waals surface area contributed by atoms with Crippen LogP contribution in [0.15, 0.2) is 43.1 Å². The van der Waals surface area contributed by atoms with Gasteiger partial charge in [0.2, 0.25) is 0 Å². The Hall–Kier alpha value is -2.83. The lowest BCUT2D eigenvalue weighted by Crippen LogP contribution is -2.39. The van der Waals surface area contributed by atoms with Gasteiger partial charge in [-0.05, 0) is 31.0 Å². The van der Waals surface area contributed by atoms with Crippen LogP contribution in [0.4, 0.5) is 11.6 Å². The number of rotatable bonds is 3.